The van der Waals surface area contributed by atoms with Gasteiger partial charge >= 0.3 is 6.09 Å². The van der Waals surface area contributed by atoms with Crippen LogP contribution in [0.2, 0.25) is 0 Å². The largest absolute Gasteiger partial charge is 0.486 e. The summed E-state index contributed by atoms with van der Waals surface area (Å²) in [6.45, 7) is 2.21. The van der Waals surface area contributed by atoms with Gasteiger partial charge in [-0.1, -0.05) is 30.3 Å². The molecule has 13 heteroatoms. The van der Waals surface area contributed by atoms with Gasteiger partial charge in [0, 0.05) is 44.1 Å². The molecule has 45 heavy (non-hydrogen) atoms. The van der Waals surface area contributed by atoms with Crippen molar-refractivity contribution in [3.05, 3.63) is 77.0 Å². The molecule has 13 nitrogen and oxygen atoms in total. The number of hydrogen-bond acceptors (Lipinski definition) is 8. The fourth-order valence-electron chi connectivity index (χ4n) is 6.73. The molecule has 2 fully saturated rings. The monoisotopic (exact) mass is 614 g/mol. The predicted octanol–water partition coefficient (Wildman–Crippen LogP) is 2.49. The van der Waals surface area contributed by atoms with Gasteiger partial charge in [0.05, 0.1) is 24.0 Å². The number of rotatable bonds is 5. The number of carbonyl (C=O) groups is 2. The first-order valence-corrected chi connectivity index (χ1v) is 15.2. The highest BCUT2D eigenvalue weighted by molar-refractivity contribution is 5.81. The van der Waals surface area contributed by atoms with Crippen molar-refractivity contribution < 1.29 is 29.3 Å². The highest BCUT2D eigenvalue weighted by atomic mass is 16.6. The molecule has 0 unspecified atom stereocenters. The van der Waals surface area contributed by atoms with Crippen LogP contribution in [-0.2, 0) is 11.3 Å². The third-order valence-corrected chi connectivity index (χ3v) is 9.22. The van der Waals surface area contributed by atoms with E-state index in [4.69, 9.17) is 9.47 Å². The van der Waals surface area contributed by atoms with E-state index in [1.807, 2.05) is 36.4 Å². The minimum Gasteiger partial charge on any atom is -0.486 e. The van der Waals surface area contributed by atoms with Crippen LogP contribution in [0.5, 0.6) is 11.5 Å². The minimum absolute atomic E-state index is 0.0252. The average molecular weight is 615 g/mol. The number of hydrogen-bond donors (Lipinski definition) is 2. The number of ether oxygens (including phenoxy) is 2. The average Bonchev–Trinajstić information content (AvgIpc) is 3.51. The number of carboxylic acid groups (broad SMARTS) is 1. The molecule has 2 aromatic heterocycles. The Kier molecular flexibility index (Phi) is 7.40. The van der Waals surface area contributed by atoms with Gasteiger partial charge < -0.3 is 29.5 Å². The second-order valence-electron chi connectivity index (χ2n) is 12.0. The molecule has 2 atom stereocenters. The molecule has 2 aromatic carbocycles. The molecule has 0 spiro atoms. The van der Waals surface area contributed by atoms with Gasteiger partial charge in [0.15, 0.2) is 17.1 Å². The van der Waals surface area contributed by atoms with Crippen LogP contribution in [0.3, 0.4) is 0 Å². The highest BCUT2D eigenvalue weighted by Gasteiger charge is 2.41. The van der Waals surface area contributed by atoms with Crippen LogP contribution in [-0.4, -0.2) is 96.3 Å². The molecule has 0 saturated carbocycles. The van der Waals surface area contributed by atoms with Gasteiger partial charge in [0.2, 0.25) is 5.91 Å². The lowest BCUT2D eigenvalue weighted by atomic mass is 9.79. The van der Waals surface area contributed by atoms with Crippen molar-refractivity contribution in [2.24, 2.45) is 5.92 Å². The summed E-state index contributed by atoms with van der Waals surface area (Å²) in [6, 6.07) is 15.0. The summed E-state index contributed by atoms with van der Waals surface area (Å²) in [6.07, 6.45) is 2.95. The van der Waals surface area contributed by atoms with E-state index in [9.17, 15) is 24.6 Å². The van der Waals surface area contributed by atoms with Crippen LogP contribution in [0.4, 0.5) is 4.79 Å². The first-order valence-electron chi connectivity index (χ1n) is 15.2. The number of likely N-dealkylation sites (tertiary alicyclic amines) is 2. The summed E-state index contributed by atoms with van der Waals surface area (Å²) in [5.41, 5.74) is 0.495. The molecule has 3 aliphatic rings. The fraction of sp³-hybridized carbons (Fsp3) is 0.406. The van der Waals surface area contributed by atoms with Gasteiger partial charge in [-0.3, -0.25) is 14.2 Å². The van der Waals surface area contributed by atoms with E-state index < -0.39 is 11.7 Å². The Morgan fingerprint density at radius 2 is 1.73 bits per heavy atom. The predicted molar refractivity (Wildman–Crippen MR) is 162 cm³/mol. The van der Waals surface area contributed by atoms with E-state index in [1.165, 1.54) is 22.0 Å². The summed E-state index contributed by atoms with van der Waals surface area (Å²) < 4.78 is 14.3. The summed E-state index contributed by atoms with van der Waals surface area (Å²) in [7, 11) is 0. The third kappa shape index (κ3) is 5.48. The Hall–Kier alpha value is -4.91. The highest BCUT2D eigenvalue weighted by Crippen LogP contribution is 2.36. The third-order valence-electron chi connectivity index (χ3n) is 9.22. The van der Waals surface area contributed by atoms with Crippen molar-refractivity contribution in [3.8, 4) is 17.2 Å². The molecule has 234 valence electrons. The Morgan fingerprint density at radius 1 is 0.978 bits per heavy atom. The van der Waals surface area contributed by atoms with Crippen LogP contribution >= 0.6 is 0 Å². The molecule has 4 aromatic rings. The molecule has 2 N–H and O–H groups in total. The zero-order valence-corrected chi connectivity index (χ0v) is 24.6. The number of nitrogens with zero attached hydrogens (tertiary/aromatic N) is 6. The van der Waals surface area contributed by atoms with Gasteiger partial charge in [-0.05, 0) is 37.0 Å². The smallest absolute Gasteiger partial charge is 0.407 e. The van der Waals surface area contributed by atoms with Gasteiger partial charge in [-0.25, -0.2) is 14.5 Å². The molecule has 0 bridgehead atoms. The summed E-state index contributed by atoms with van der Waals surface area (Å²) in [4.78, 5) is 46.6. The van der Waals surface area contributed by atoms with E-state index in [2.05, 4.69) is 10.1 Å². The molecule has 2 amide bonds. The van der Waals surface area contributed by atoms with Crippen molar-refractivity contribution in [2.45, 2.75) is 37.3 Å². The Morgan fingerprint density at radius 3 is 2.49 bits per heavy atom. The number of carbonyl (C=O) groups excluding carboxylic acids is 1. The van der Waals surface area contributed by atoms with Gasteiger partial charge in [0.1, 0.15) is 24.9 Å². The van der Waals surface area contributed by atoms with E-state index in [1.54, 1.807) is 21.7 Å². The second kappa shape index (κ2) is 11.5. The maximum Gasteiger partial charge on any atom is 0.407 e. The first kappa shape index (κ1) is 28.8. The van der Waals surface area contributed by atoms with Crippen LogP contribution in [0.15, 0.2) is 65.8 Å². The molecular formula is C32H34N6O7. The topological polar surface area (TPSA) is 152 Å². The normalized spacial score (nSPS) is 21.1. The van der Waals surface area contributed by atoms with Crippen molar-refractivity contribution in [1.29, 1.82) is 0 Å². The van der Waals surface area contributed by atoms with Gasteiger partial charge in [-0.15, -0.1) is 0 Å². The standard InChI is InChI=1S/C32H34N6O7/c39-29(23-8-11-36(31(41)42)18-25(23)21-4-2-1-3-5-21)35-12-9-32(43,10-13-35)19-37-20-33-28-24(30(37)40)17-34-38(28)22-6-7-26-27(16-22)45-15-14-44-26/h1-7,16-17,20,23,25,43H,8-15,18-19H2,(H,41,42)/t23-,25+/m1/s1. The number of fused-ring (bicyclic) bond motifs is 2. The van der Waals surface area contributed by atoms with E-state index in [0.717, 1.165) is 5.56 Å². The SMILES string of the molecule is O=C(O)N1CC[C@@H](C(=O)N2CCC(O)(Cn3cnc4c(cnn4-c4ccc5c(c4)OCCO5)c3=O)CC2)[C@H](c2ccccc2)C1. The fourth-order valence-corrected chi connectivity index (χ4v) is 6.73. The van der Waals surface area contributed by atoms with E-state index in [-0.39, 0.29) is 36.4 Å². The molecule has 0 radical (unpaired) electrons. The first-order chi connectivity index (χ1) is 21.8. The Bertz CT molecular complexity index is 1800. The maximum absolute atomic E-state index is 13.8. The van der Waals surface area contributed by atoms with Crippen LogP contribution in [0, 0.1) is 5.92 Å². The van der Waals surface area contributed by atoms with Gasteiger partial charge in [0.25, 0.3) is 5.56 Å². The van der Waals surface area contributed by atoms with Crippen molar-refractivity contribution >= 4 is 23.0 Å². The molecular weight excluding hydrogens is 580 g/mol. The number of amides is 2. The number of piperidine rings is 2. The second-order valence-corrected chi connectivity index (χ2v) is 12.0. The zero-order valence-electron chi connectivity index (χ0n) is 24.6. The number of aliphatic hydroxyl groups is 1. The Labute approximate surface area is 258 Å². The lowest BCUT2D eigenvalue weighted by Crippen LogP contribution is -2.53. The molecule has 3 aliphatic heterocycles. The number of benzene rings is 2. The Balaban J connectivity index is 1.04. The molecule has 2 saturated heterocycles. The van der Waals surface area contributed by atoms with Crippen molar-refractivity contribution in [1.82, 2.24) is 29.1 Å². The zero-order chi connectivity index (χ0) is 31.1. The van der Waals surface area contributed by atoms with Crippen molar-refractivity contribution in [2.75, 3.05) is 39.4 Å². The lowest BCUT2D eigenvalue weighted by molar-refractivity contribution is -0.142. The minimum atomic E-state index is -1.20. The van der Waals surface area contributed by atoms with E-state index in [0.29, 0.717) is 80.3 Å². The molecule has 0 aliphatic carbocycles. The number of aromatic nitrogens is 4. The summed E-state index contributed by atoms with van der Waals surface area (Å²) in [5.74, 6) is 0.627. The van der Waals surface area contributed by atoms with Gasteiger partial charge in [-0.2, -0.15) is 5.10 Å². The van der Waals surface area contributed by atoms with Crippen LogP contribution in [0.1, 0.15) is 30.7 Å². The molecule has 7 rings (SSSR count). The summed E-state index contributed by atoms with van der Waals surface area (Å²) >= 11 is 0. The lowest BCUT2D eigenvalue weighted by Gasteiger charge is -2.42. The maximum atomic E-state index is 13.8. The van der Waals surface area contributed by atoms with Crippen LogP contribution < -0.4 is 15.0 Å². The quantitative estimate of drug-likeness (QED) is 0.345. The van der Waals surface area contributed by atoms with Crippen LogP contribution in [0.25, 0.3) is 16.7 Å². The summed E-state index contributed by atoms with van der Waals surface area (Å²) in [5, 5.41) is 25.8. The molecule has 5 heterocycles. The van der Waals surface area contributed by atoms with Crippen molar-refractivity contribution in [3.63, 3.8) is 0 Å². The van der Waals surface area contributed by atoms with E-state index >= 15 is 0 Å².